The lowest BCUT2D eigenvalue weighted by molar-refractivity contribution is 0.246. The van der Waals surface area contributed by atoms with E-state index in [4.69, 9.17) is 0 Å². The lowest BCUT2D eigenvalue weighted by Gasteiger charge is -2.24. The van der Waals surface area contributed by atoms with Crippen molar-refractivity contribution in [2.24, 2.45) is 5.92 Å². The molecule has 3 aromatic rings. The molecule has 130 valence electrons. The van der Waals surface area contributed by atoms with Crippen molar-refractivity contribution in [1.29, 1.82) is 0 Å². The molecule has 5 heteroatoms. The first-order valence-corrected chi connectivity index (χ1v) is 8.98. The van der Waals surface area contributed by atoms with Crippen molar-refractivity contribution >= 4 is 10.8 Å². The molecule has 2 aromatic heterocycles. The van der Waals surface area contributed by atoms with E-state index in [0.29, 0.717) is 5.92 Å². The van der Waals surface area contributed by atoms with E-state index in [1.54, 1.807) is 6.33 Å². The van der Waals surface area contributed by atoms with Crippen LogP contribution in [-0.2, 0) is 13.0 Å². The summed E-state index contributed by atoms with van der Waals surface area (Å²) in [6, 6.07) is 8.57. The predicted octanol–water partition coefficient (Wildman–Crippen LogP) is 2.56. The molecule has 5 nitrogen and oxygen atoms in total. The first-order valence-electron chi connectivity index (χ1n) is 8.98. The first-order chi connectivity index (χ1) is 12.3. The average molecular weight is 335 g/mol. The summed E-state index contributed by atoms with van der Waals surface area (Å²) in [7, 11) is 2.23. The van der Waals surface area contributed by atoms with Crippen LogP contribution in [0, 0.1) is 5.92 Å². The van der Waals surface area contributed by atoms with E-state index in [1.165, 1.54) is 22.0 Å². The fraction of sp³-hybridized carbons (Fsp3) is 0.400. The van der Waals surface area contributed by atoms with Gasteiger partial charge in [0.05, 0.1) is 6.33 Å². The van der Waals surface area contributed by atoms with Crippen LogP contribution in [0.4, 0.5) is 0 Å². The highest BCUT2D eigenvalue weighted by Gasteiger charge is 2.22. The van der Waals surface area contributed by atoms with Crippen LogP contribution in [0.5, 0.6) is 0 Å². The molecule has 3 heterocycles. The summed E-state index contributed by atoms with van der Waals surface area (Å²) in [6.07, 6.45) is 8.77. The topological polar surface area (TPSA) is 48.0 Å². The molecule has 4 rings (SSSR count). The van der Waals surface area contributed by atoms with Crippen molar-refractivity contribution in [1.82, 2.24) is 24.8 Å². The van der Waals surface area contributed by atoms with Crippen molar-refractivity contribution < 1.29 is 0 Å². The molecule has 1 saturated heterocycles. The maximum Gasteiger partial charge on any atom is 0.0922 e. The highest BCUT2D eigenvalue weighted by molar-refractivity contribution is 5.84. The summed E-state index contributed by atoms with van der Waals surface area (Å²) >= 11 is 0. The Hall–Kier alpha value is -2.24. The lowest BCUT2D eigenvalue weighted by atomic mass is 9.96. The van der Waals surface area contributed by atoms with Crippen LogP contribution in [-0.4, -0.2) is 58.0 Å². The van der Waals surface area contributed by atoms with Crippen LogP contribution < -0.4 is 0 Å². The minimum atomic E-state index is 0.600. The molecular weight excluding hydrogens is 310 g/mol. The smallest absolute Gasteiger partial charge is 0.0922 e. The Morgan fingerprint density at radius 2 is 2.00 bits per heavy atom. The van der Waals surface area contributed by atoms with Crippen LogP contribution in [0.2, 0.25) is 0 Å². The number of aromatic nitrogens is 3. The Balaban J connectivity index is 1.53. The Morgan fingerprint density at radius 1 is 1.08 bits per heavy atom. The maximum absolute atomic E-state index is 4.46. The highest BCUT2D eigenvalue weighted by Crippen LogP contribution is 2.22. The number of hydrogen-bond acceptors (Lipinski definition) is 4. The average Bonchev–Trinajstić information content (AvgIpc) is 3.06. The van der Waals surface area contributed by atoms with E-state index in [-0.39, 0.29) is 0 Å². The number of benzene rings is 1. The third kappa shape index (κ3) is 3.89. The van der Waals surface area contributed by atoms with E-state index in [1.807, 2.05) is 18.6 Å². The quantitative estimate of drug-likeness (QED) is 0.796. The van der Waals surface area contributed by atoms with Crippen molar-refractivity contribution in [2.45, 2.75) is 13.0 Å². The second kappa shape index (κ2) is 7.33. The zero-order valence-electron chi connectivity index (χ0n) is 14.7. The van der Waals surface area contributed by atoms with Crippen LogP contribution >= 0.6 is 0 Å². The van der Waals surface area contributed by atoms with Crippen molar-refractivity contribution in [3.05, 3.63) is 60.4 Å². The lowest BCUT2D eigenvalue weighted by Crippen LogP contribution is -2.30. The van der Waals surface area contributed by atoms with Crippen LogP contribution in [0.3, 0.4) is 0 Å². The van der Waals surface area contributed by atoms with Gasteiger partial charge < -0.3 is 9.88 Å². The summed E-state index contributed by atoms with van der Waals surface area (Å²) in [4.78, 5) is 16.8. The van der Waals surface area contributed by atoms with Crippen molar-refractivity contribution in [3.8, 4) is 0 Å². The number of aromatic amines is 1. The third-order valence-corrected chi connectivity index (χ3v) is 5.09. The zero-order chi connectivity index (χ0) is 17.1. The van der Waals surface area contributed by atoms with Gasteiger partial charge in [0.1, 0.15) is 0 Å². The van der Waals surface area contributed by atoms with Crippen molar-refractivity contribution in [3.63, 3.8) is 0 Å². The molecule has 0 radical (unpaired) electrons. The molecule has 25 heavy (non-hydrogen) atoms. The Morgan fingerprint density at radius 3 is 2.88 bits per heavy atom. The number of hydrogen-bond donors (Lipinski definition) is 1. The van der Waals surface area contributed by atoms with Gasteiger partial charge in [0, 0.05) is 62.4 Å². The Kier molecular flexibility index (Phi) is 4.76. The zero-order valence-corrected chi connectivity index (χ0v) is 14.7. The van der Waals surface area contributed by atoms with Gasteiger partial charge in [0.25, 0.3) is 0 Å². The number of rotatable bonds is 4. The number of likely N-dealkylation sites (N-methyl/N-ethyl adjacent to an activating group) is 1. The molecule has 1 N–H and O–H groups in total. The summed E-state index contributed by atoms with van der Waals surface area (Å²) in [5, 5.41) is 2.57. The summed E-state index contributed by atoms with van der Waals surface area (Å²) in [6.45, 7) is 5.38. The summed E-state index contributed by atoms with van der Waals surface area (Å²) in [5.74, 6) is 0.600. The molecule has 0 unspecified atom stereocenters. The predicted molar refractivity (Wildman–Crippen MR) is 100 cm³/mol. The number of fused-ring (bicyclic) bond motifs is 1. The SMILES string of the molecule is CN1CCN(Cc2cnc[nH]2)C[C@@H](Cc2cncc3ccccc23)C1. The molecule has 0 saturated carbocycles. The molecule has 1 fully saturated rings. The molecular formula is C20H25N5. The second-order valence-electron chi connectivity index (χ2n) is 7.16. The first kappa shape index (κ1) is 16.2. The fourth-order valence-electron chi connectivity index (χ4n) is 3.90. The van der Waals surface area contributed by atoms with E-state index in [2.05, 4.69) is 56.1 Å². The standard InChI is InChI=1S/C20H25N5/c1-24-6-7-25(14-19-11-22-15-23-19)13-16(12-24)8-18-10-21-9-17-4-2-3-5-20(17)18/h2-5,9-11,15-16H,6-8,12-14H2,1H3,(H,22,23)/t16-/m0/s1. The Labute approximate surface area is 148 Å². The minimum Gasteiger partial charge on any atom is -0.347 e. The van der Waals surface area contributed by atoms with E-state index < -0.39 is 0 Å². The second-order valence-corrected chi connectivity index (χ2v) is 7.16. The minimum absolute atomic E-state index is 0.600. The molecule has 0 spiro atoms. The van der Waals surface area contributed by atoms with Gasteiger partial charge in [0.15, 0.2) is 0 Å². The molecule has 0 aliphatic carbocycles. The molecule has 1 aliphatic rings. The van der Waals surface area contributed by atoms with E-state index in [0.717, 1.165) is 39.1 Å². The van der Waals surface area contributed by atoms with Crippen LogP contribution in [0.1, 0.15) is 11.3 Å². The van der Waals surface area contributed by atoms with Crippen molar-refractivity contribution in [2.75, 3.05) is 33.2 Å². The van der Waals surface area contributed by atoms with Crippen LogP contribution in [0.25, 0.3) is 10.8 Å². The van der Waals surface area contributed by atoms with Gasteiger partial charge in [-0.05, 0) is 30.3 Å². The number of imidazole rings is 1. The monoisotopic (exact) mass is 335 g/mol. The van der Waals surface area contributed by atoms with Gasteiger partial charge in [-0.25, -0.2) is 4.98 Å². The summed E-state index contributed by atoms with van der Waals surface area (Å²) < 4.78 is 0. The molecule has 0 bridgehead atoms. The largest absolute Gasteiger partial charge is 0.347 e. The maximum atomic E-state index is 4.46. The van der Waals surface area contributed by atoms with Gasteiger partial charge in [-0.15, -0.1) is 0 Å². The molecule has 1 aliphatic heterocycles. The van der Waals surface area contributed by atoms with Gasteiger partial charge in [0.2, 0.25) is 0 Å². The van der Waals surface area contributed by atoms with Gasteiger partial charge in [-0.3, -0.25) is 9.88 Å². The van der Waals surface area contributed by atoms with E-state index in [9.17, 15) is 0 Å². The Bertz CT molecular complexity index is 809. The highest BCUT2D eigenvalue weighted by atomic mass is 15.2. The molecule has 1 atom stereocenters. The summed E-state index contributed by atoms with van der Waals surface area (Å²) in [5.41, 5.74) is 2.55. The van der Waals surface area contributed by atoms with Gasteiger partial charge in [-0.2, -0.15) is 0 Å². The number of pyridine rings is 1. The van der Waals surface area contributed by atoms with Gasteiger partial charge in [-0.1, -0.05) is 24.3 Å². The number of nitrogens with one attached hydrogen (secondary N) is 1. The number of nitrogens with zero attached hydrogens (tertiary/aromatic N) is 4. The normalized spacial score (nSPS) is 20.0. The number of H-pyrrole nitrogens is 1. The third-order valence-electron chi connectivity index (χ3n) is 5.09. The van der Waals surface area contributed by atoms with Crippen LogP contribution in [0.15, 0.2) is 49.2 Å². The molecule has 0 amide bonds. The molecule has 1 aromatic carbocycles. The fourth-order valence-corrected chi connectivity index (χ4v) is 3.90. The van der Waals surface area contributed by atoms with Gasteiger partial charge >= 0.3 is 0 Å². The van der Waals surface area contributed by atoms with E-state index >= 15 is 0 Å².